The minimum absolute atomic E-state index is 0.391. The Morgan fingerprint density at radius 1 is 1.47 bits per heavy atom. The molecule has 1 rings (SSSR count). The van der Waals surface area contributed by atoms with E-state index in [1.807, 2.05) is 12.3 Å². The fourth-order valence-electron chi connectivity index (χ4n) is 1.33. The van der Waals surface area contributed by atoms with E-state index >= 15 is 0 Å². The number of hydrogen-bond acceptors (Lipinski definition) is 5. The van der Waals surface area contributed by atoms with Crippen LogP contribution in [0.15, 0.2) is 5.38 Å². The molecular weight excluding hydrogens is 236 g/mol. The zero-order chi connectivity index (χ0) is 12.7. The number of ether oxygens (including phenoxy) is 1. The van der Waals surface area contributed by atoms with E-state index in [4.69, 9.17) is 4.74 Å². The second-order valence-corrected chi connectivity index (χ2v) is 5.54. The first-order chi connectivity index (χ1) is 8.08. The maximum absolute atomic E-state index is 9.64. The van der Waals surface area contributed by atoms with Crippen LogP contribution >= 0.6 is 11.3 Å². The summed E-state index contributed by atoms with van der Waals surface area (Å²) in [6.45, 7) is 8.50. The molecule has 0 aliphatic rings. The standard InChI is InChI=1S/C12H22N2O2S/c1-9(2)6-16-7-11(15)4-13-5-12-14-10(3)8-17-12/h8-9,11,13,15H,4-7H2,1-3H3. The summed E-state index contributed by atoms with van der Waals surface area (Å²) in [6.07, 6.45) is -0.449. The number of aliphatic hydroxyl groups is 1. The number of rotatable bonds is 8. The van der Waals surface area contributed by atoms with E-state index in [0.29, 0.717) is 32.2 Å². The summed E-state index contributed by atoms with van der Waals surface area (Å²) in [5.74, 6) is 0.508. The Balaban J connectivity index is 2.05. The first kappa shape index (κ1) is 14.6. The van der Waals surface area contributed by atoms with Crippen LogP contribution in [-0.4, -0.2) is 36.0 Å². The Morgan fingerprint density at radius 3 is 2.82 bits per heavy atom. The van der Waals surface area contributed by atoms with Crippen molar-refractivity contribution in [1.29, 1.82) is 0 Å². The van der Waals surface area contributed by atoms with Crippen LogP contribution in [0.4, 0.5) is 0 Å². The van der Waals surface area contributed by atoms with Crippen LogP contribution in [-0.2, 0) is 11.3 Å². The number of aromatic nitrogens is 1. The SMILES string of the molecule is Cc1csc(CNCC(O)COCC(C)C)n1. The zero-order valence-electron chi connectivity index (χ0n) is 10.8. The molecule has 1 atom stereocenters. The minimum Gasteiger partial charge on any atom is -0.389 e. The van der Waals surface area contributed by atoms with Gasteiger partial charge in [0, 0.05) is 30.8 Å². The Morgan fingerprint density at radius 2 is 2.24 bits per heavy atom. The zero-order valence-corrected chi connectivity index (χ0v) is 11.6. The molecule has 17 heavy (non-hydrogen) atoms. The van der Waals surface area contributed by atoms with E-state index < -0.39 is 6.10 Å². The van der Waals surface area contributed by atoms with Gasteiger partial charge < -0.3 is 15.2 Å². The van der Waals surface area contributed by atoms with Crippen LogP contribution in [0.5, 0.6) is 0 Å². The molecule has 1 aromatic rings. The molecule has 5 heteroatoms. The average Bonchev–Trinajstić information content (AvgIpc) is 2.63. The van der Waals surface area contributed by atoms with E-state index in [1.54, 1.807) is 11.3 Å². The maximum Gasteiger partial charge on any atom is 0.107 e. The van der Waals surface area contributed by atoms with E-state index in [2.05, 4.69) is 24.1 Å². The number of aryl methyl sites for hydroxylation is 1. The average molecular weight is 258 g/mol. The van der Waals surface area contributed by atoms with Gasteiger partial charge in [-0.05, 0) is 12.8 Å². The predicted octanol–water partition coefficient (Wildman–Crippen LogP) is 1.57. The quantitative estimate of drug-likeness (QED) is 0.743. The van der Waals surface area contributed by atoms with Crippen molar-refractivity contribution in [1.82, 2.24) is 10.3 Å². The van der Waals surface area contributed by atoms with Gasteiger partial charge in [-0.15, -0.1) is 11.3 Å². The van der Waals surface area contributed by atoms with Gasteiger partial charge >= 0.3 is 0 Å². The Kier molecular flexibility index (Phi) is 6.65. The largest absolute Gasteiger partial charge is 0.389 e. The van der Waals surface area contributed by atoms with Crippen LogP contribution in [0.2, 0.25) is 0 Å². The molecule has 4 nitrogen and oxygen atoms in total. The summed E-state index contributed by atoms with van der Waals surface area (Å²) >= 11 is 1.64. The molecule has 0 aromatic carbocycles. The fourth-order valence-corrected chi connectivity index (χ4v) is 2.07. The van der Waals surface area contributed by atoms with Crippen molar-refractivity contribution in [3.8, 4) is 0 Å². The smallest absolute Gasteiger partial charge is 0.107 e. The molecule has 0 spiro atoms. The number of aliphatic hydroxyl groups excluding tert-OH is 1. The summed E-state index contributed by atoms with van der Waals surface area (Å²) in [4.78, 5) is 4.34. The van der Waals surface area contributed by atoms with Crippen molar-refractivity contribution in [3.63, 3.8) is 0 Å². The van der Waals surface area contributed by atoms with Crippen LogP contribution in [0.3, 0.4) is 0 Å². The molecule has 0 saturated heterocycles. The summed E-state index contributed by atoms with van der Waals surface area (Å²) in [7, 11) is 0. The third kappa shape index (κ3) is 6.73. The van der Waals surface area contributed by atoms with Crippen LogP contribution in [0.1, 0.15) is 24.5 Å². The summed E-state index contributed by atoms with van der Waals surface area (Å²) < 4.78 is 5.36. The molecule has 98 valence electrons. The van der Waals surface area contributed by atoms with E-state index in [1.165, 1.54) is 0 Å². The maximum atomic E-state index is 9.64. The molecule has 1 aromatic heterocycles. The summed E-state index contributed by atoms with van der Waals surface area (Å²) in [6, 6.07) is 0. The lowest BCUT2D eigenvalue weighted by Gasteiger charge is -2.12. The molecule has 0 saturated carbocycles. The number of thiazole rings is 1. The number of nitrogens with zero attached hydrogens (tertiary/aromatic N) is 1. The molecule has 0 bridgehead atoms. The first-order valence-corrected chi connectivity index (χ1v) is 6.83. The number of hydrogen-bond donors (Lipinski definition) is 2. The van der Waals surface area contributed by atoms with Crippen molar-refractivity contribution in [3.05, 3.63) is 16.1 Å². The Labute approximate surface area is 107 Å². The first-order valence-electron chi connectivity index (χ1n) is 5.95. The van der Waals surface area contributed by atoms with Gasteiger partial charge in [0.2, 0.25) is 0 Å². The highest BCUT2D eigenvalue weighted by molar-refractivity contribution is 7.09. The molecule has 0 radical (unpaired) electrons. The third-order valence-electron chi connectivity index (χ3n) is 2.08. The van der Waals surface area contributed by atoms with Crippen molar-refractivity contribution >= 4 is 11.3 Å². The molecule has 0 amide bonds. The highest BCUT2D eigenvalue weighted by Gasteiger charge is 2.05. The second-order valence-electron chi connectivity index (χ2n) is 4.60. The van der Waals surface area contributed by atoms with Crippen LogP contribution in [0.25, 0.3) is 0 Å². The molecule has 0 aliphatic heterocycles. The van der Waals surface area contributed by atoms with Crippen molar-refractivity contribution in [2.75, 3.05) is 19.8 Å². The van der Waals surface area contributed by atoms with Crippen molar-refractivity contribution in [2.45, 2.75) is 33.4 Å². The van der Waals surface area contributed by atoms with Gasteiger partial charge in [0.1, 0.15) is 5.01 Å². The molecule has 0 aliphatic carbocycles. The lowest BCUT2D eigenvalue weighted by molar-refractivity contribution is 0.0260. The monoisotopic (exact) mass is 258 g/mol. The Hall–Kier alpha value is -0.490. The molecule has 0 fully saturated rings. The lowest BCUT2D eigenvalue weighted by Crippen LogP contribution is -2.30. The topological polar surface area (TPSA) is 54.4 Å². The lowest BCUT2D eigenvalue weighted by atomic mass is 10.2. The molecule has 1 unspecified atom stereocenters. The molecular formula is C12H22N2O2S. The van der Waals surface area contributed by atoms with E-state index in [0.717, 1.165) is 10.7 Å². The normalized spacial score (nSPS) is 13.2. The second kappa shape index (κ2) is 7.76. The summed E-state index contributed by atoms with van der Waals surface area (Å²) in [5.41, 5.74) is 1.05. The van der Waals surface area contributed by atoms with Gasteiger partial charge in [-0.1, -0.05) is 13.8 Å². The highest BCUT2D eigenvalue weighted by atomic mass is 32.1. The van der Waals surface area contributed by atoms with Gasteiger partial charge in [-0.25, -0.2) is 4.98 Å². The highest BCUT2D eigenvalue weighted by Crippen LogP contribution is 2.07. The third-order valence-corrected chi connectivity index (χ3v) is 3.05. The minimum atomic E-state index is -0.449. The van der Waals surface area contributed by atoms with Gasteiger partial charge in [0.15, 0.2) is 0 Å². The van der Waals surface area contributed by atoms with E-state index in [9.17, 15) is 5.11 Å². The van der Waals surface area contributed by atoms with Gasteiger partial charge in [-0.2, -0.15) is 0 Å². The van der Waals surface area contributed by atoms with Crippen LogP contribution < -0.4 is 5.32 Å². The fraction of sp³-hybridized carbons (Fsp3) is 0.750. The Bertz CT molecular complexity index is 315. The predicted molar refractivity (Wildman–Crippen MR) is 70.2 cm³/mol. The molecule has 2 N–H and O–H groups in total. The van der Waals surface area contributed by atoms with Crippen molar-refractivity contribution in [2.24, 2.45) is 5.92 Å². The summed E-state index contributed by atoms with van der Waals surface area (Å²) in [5, 5.41) is 15.9. The van der Waals surface area contributed by atoms with Crippen molar-refractivity contribution < 1.29 is 9.84 Å². The van der Waals surface area contributed by atoms with E-state index in [-0.39, 0.29) is 0 Å². The van der Waals surface area contributed by atoms with Gasteiger partial charge in [-0.3, -0.25) is 0 Å². The van der Waals surface area contributed by atoms with Crippen LogP contribution in [0, 0.1) is 12.8 Å². The number of nitrogens with one attached hydrogen (secondary N) is 1. The van der Waals surface area contributed by atoms with Gasteiger partial charge in [0.05, 0.1) is 12.7 Å². The van der Waals surface area contributed by atoms with Gasteiger partial charge in [0.25, 0.3) is 0 Å². The molecule has 1 heterocycles.